The molecule has 0 spiro atoms. The minimum Gasteiger partial charge on any atom is -0.379 e. The number of quaternary nitrogens is 1. The van der Waals surface area contributed by atoms with Gasteiger partial charge in [-0.15, -0.1) is 0 Å². The fourth-order valence-corrected chi connectivity index (χ4v) is 4.58. The molecule has 6 N–H and O–H groups in total. The average molecular weight is 650 g/mol. The number of ether oxygens (including phenoxy) is 2. The Bertz CT molecular complexity index is 1080. The highest BCUT2D eigenvalue weighted by atomic mass is 16.5. The number of unbranched alkanes of at least 4 members (excludes halogenated alkanes) is 1. The summed E-state index contributed by atoms with van der Waals surface area (Å²) in [6, 6.07) is 6.50. The van der Waals surface area contributed by atoms with E-state index >= 15 is 0 Å². The van der Waals surface area contributed by atoms with E-state index in [0.717, 1.165) is 23.0 Å². The molecular weight excluding hydrogens is 592 g/mol. The largest absolute Gasteiger partial charge is 0.379 e. The van der Waals surface area contributed by atoms with E-state index in [4.69, 9.17) is 15.2 Å². The summed E-state index contributed by atoms with van der Waals surface area (Å²) in [5.74, 6) is -2.02. The SMILES string of the molecule is CC(=O)NCCOCCOCCC(=O)NC(CCCC[N+](C)(C)C)C(=O)N[C@@H](Cc1ccccc1)C(=O)NC(CC(C)C)C(N)=O. The Balaban J connectivity index is 2.90. The fourth-order valence-electron chi connectivity index (χ4n) is 4.58. The van der Waals surface area contributed by atoms with Gasteiger partial charge in [0.2, 0.25) is 29.5 Å². The molecule has 0 radical (unpaired) electrons. The monoisotopic (exact) mass is 649 g/mol. The maximum absolute atomic E-state index is 13.6. The molecule has 0 heterocycles. The van der Waals surface area contributed by atoms with E-state index in [-0.39, 0.29) is 43.8 Å². The lowest BCUT2D eigenvalue weighted by molar-refractivity contribution is -0.870. The van der Waals surface area contributed by atoms with Crippen LogP contribution in [-0.2, 0) is 39.9 Å². The molecule has 0 aliphatic rings. The summed E-state index contributed by atoms with van der Waals surface area (Å²) in [5, 5.41) is 11.0. The molecule has 0 fully saturated rings. The first kappa shape index (κ1) is 40.5. The Labute approximate surface area is 274 Å². The molecule has 3 atom stereocenters. The summed E-state index contributed by atoms with van der Waals surface area (Å²) in [4.78, 5) is 62.9. The van der Waals surface area contributed by atoms with E-state index in [0.29, 0.717) is 39.0 Å². The van der Waals surface area contributed by atoms with E-state index in [1.807, 2.05) is 44.2 Å². The van der Waals surface area contributed by atoms with E-state index in [9.17, 15) is 24.0 Å². The fraction of sp³-hybridized carbons (Fsp3) is 0.667. The summed E-state index contributed by atoms with van der Waals surface area (Å²) < 4.78 is 11.6. The Morgan fingerprint density at radius 3 is 2.00 bits per heavy atom. The minimum atomic E-state index is -0.997. The van der Waals surface area contributed by atoms with Crippen molar-refractivity contribution in [1.29, 1.82) is 0 Å². The van der Waals surface area contributed by atoms with Crippen molar-refractivity contribution in [3.63, 3.8) is 0 Å². The lowest BCUT2D eigenvalue weighted by Crippen LogP contribution is -2.57. The summed E-state index contributed by atoms with van der Waals surface area (Å²) in [7, 11) is 6.27. The van der Waals surface area contributed by atoms with Crippen molar-refractivity contribution >= 4 is 29.5 Å². The predicted molar refractivity (Wildman–Crippen MR) is 176 cm³/mol. The van der Waals surface area contributed by atoms with Gasteiger partial charge in [-0.1, -0.05) is 44.2 Å². The lowest BCUT2D eigenvalue weighted by atomic mass is 10.0. The zero-order valence-corrected chi connectivity index (χ0v) is 28.6. The van der Waals surface area contributed by atoms with Crippen molar-refractivity contribution in [3.05, 3.63) is 35.9 Å². The standard InChI is InChI=1S/C33H56N6O7/c1-24(2)22-28(31(34)42)37-33(44)29(23-26-12-8-7-9-13-26)38-32(43)27(14-10-11-17-39(4,5)6)36-30(41)15-18-45-20-21-46-19-16-35-25(3)40/h7-9,12-13,24,27-29H,10-11,14-23H2,1-6H3,(H5-,34,35,36,37,38,40,41,42,43,44)/p+1/t27?,28?,29-/m0/s1. The zero-order chi connectivity index (χ0) is 34.5. The molecular formula is C33H57N6O7+. The van der Waals surface area contributed by atoms with Crippen LogP contribution in [0.3, 0.4) is 0 Å². The first-order valence-electron chi connectivity index (χ1n) is 16.1. The molecule has 0 bridgehead atoms. The number of nitrogens with two attached hydrogens (primary N) is 1. The molecule has 5 amide bonds. The summed E-state index contributed by atoms with van der Waals surface area (Å²) in [5.41, 5.74) is 6.39. The Morgan fingerprint density at radius 2 is 1.41 bits per heavy atom. The first-order valence-corrected chi connectivity index (χ1v) is 16.1. The van der Waals surface area contributed by atoms with Gasteiger partial charge in [0.1, 0.15) is 18.1 Å². The molecule has 260 valence electrons. The molecule has 13 heteroatoms. The van der Waals surface area contributed by atoms with Crippen molar-refractivity contribution in [1.82, 2.24) is 21.3 Å². The summed E-state index contributed by atoms with van der Waals surface area (Å²) in [6.07, 6.45) is 2.51. The molecule has 46 heavy (non-hydrogen) atoms. The average Bonchev–Trinajstić information content (AvgIpc) is 2.96. The van der Waals surface area contributed by atoms with E-state index in [2.05, 4.69) is 42.4 Å². The highest BCUT2D eigenvalue weighted by molar-refractivity contribution is 5.94. The second-order valence-corrected chi connectivity index (χ2v) is 12.9. The highest BCUT2D eigenvalue weighted by Gasteiger charge is 2.29. The van der Waals surface area contributed by atoms with Crippen LogP contribution in [0.4, 0.5) is 0 Å². The predicted octanol–water partition coefficient (Wildman–Crippen LogP) is 0.651. The molecule has 0 aromatic heterocycles. The number of nitrogens with one attached hydrogen (secondary N) is 4. The molecule has 1 aromatic carbocycles. The summed E-state index contributed by atoms with van der Waals surface area (Å²) >= 11 is 0. The number of primary amides is 1. The molecule has 0 saturated heterocycles. The smallest absolute Gasteiger partial charge is 0.243 e. The van der Waals surface area contributed by atoms with Gasteiger partial charge in [-0.3, -0.25) is 24.0 Å². The van der Waals surface area contributed by atoms with Crippen LogP contribution in [0, 0.1) is 5.92 Å². The lowest BCUT2D eigenvalue weighted by Gasteiger charge is -2.26. The van der Waals surface area contributed by atoms with Gasteiger partial charge in [-0.2, -0.15) is 0 Å². The van der Waals surface area contributed by atoms with Crippen LogP contribution in [-0.4, -0.2) is 113 Å². The van der Waals surface area contributed by atoms with E-state index in [1.54, 1.807) is 0 Å². The number of hydrogen-bond donors (Lipinski definition) is 5. The third-order valence-corrected chi connectivity index (χ3v) is 6.97. The molecule has 1 rings (SSSR count). The number of carbonyl (C=O) groups is 5. The maximum Gasteiger partial charge on any atom is 0.243 e. The summed E-state index contributed by atoms with van der Waals surface area (Å²) in [6.45, 7) is 7.68. The van der Waals surface area contributed by atoms with Gasteiger partial charge in [0, 0.05) is 26.3 Å². The van der Waals surface area contributed by atoms with Crippen molar-refractivity contribution in [2.45, 2.75) is 77.4 Å². The quantitative estimate of drug-likeness (QED) is 0.0806. The van der Waals surface area contributed by atoms with Gasteiger partial charge in [0.15, 0.2) is 0 Å². The van der Waals surface area contributed by atoms with Crippen molar-refractivity contribution in [2.24, 2.45) is 11.7 Å². The molecule has 2 unspecified atom stereocenters. The van der Waals surface area contributed by atoms with Crippen LogP contribution >= 0.6 is 0 Å². The topological polar surface area (TPSA) is 178 Å². The van der Waals surface area contributed by atoms with E-state index < -0.39 is 35.8 Å². The van der Waals surface area contributed by atoms with Crippen LogP contribution in [0.25, 0.3) is 0 Å². The highest BCUT2D eigenvalue weighted by Crippen LogP contribution is 2.10. The maximum atomic E-state index is 13.6. The molecule has 0 aliphatic carbocycles. The van der Waals surface area contributed by atoms with Crippen LogP contribution < -0.4 is 27.0 Å². The minimum absolute atomic E-state index is 0.0397. The molecule has 0 saturated carbocycles. The van der Waals surface area contributed by atoms with Gasteiger partial charge in [0.05, 0.1) is 54.1 Å². The van der Waals surface area contributed by atoms with Gasteiger partial charge >= 0.3 is 0 Å². The van der Waals surface area contributed by atoms with Crippen molar-refractivity contribution < 1.29 is 37.9 Å². The number of rotatable bonds is 24. The Hall–Kier alpha value is -3.55. The van der Waals surface area contributed by atoms with Gasteiger partial charge in [0.25, 0.3) is 0 Å². The Kier molecular flexibility index (Phi) is 19.4. The number of carbonyl (C=O) groups excluding carboxylic acids is 5. The van der Waals surface area contributed by atoms with E-state index in [1.165, 1.54) is 6.92 Å². The number of nitrogens with zero attached hydrogens (tertiary/aromatic N) is 1. The molecule has 13 nitrogen and oxygen atoms in total. The van der Waals surface area contributed by atoms with Gasteiger partial charge in [-0.25, -0.2) is 0 Å². The number of amides is 5. The third kappa shape index (κ3) is 19.8. The van der Waals surface area contributed by atoms with Crippen LogP contribution in [0.2, 0.25) is 0 Å². The Morgan fingerprint density at radius 1 is 0.804 bits per heavy atom. The normalized spacial score (nSPS) is 13.4. The van der Waals surface area contributed by atoms with Crippen LogP contribution in [0.15, 0.2) is 30.3 Å². The zero-order valence-electron chi connectivity index (χ0n) is 28.6. The van der Waals surface area contributed by atoms with Crippen molar-refractivity contribution in [3.8, 4) is 0 Å². The molecule has 0 aliphatic heterocycles. The number of hydrogen-bond acceptors (Lipinski definition) is 7. The first-order chi connectivity index (χ1) is 21.7. The van der Waals surface area contributed by atoms with Crippen LogP contribution in [0.5, 0.6) is 0 Å². The van der Waals surface area contributed by atoms with Gasteiger partial charge in [-0.05, 0) is 37.2 Å². The molecule has 1 aromatic rings. The third-order valence-electron chi connectivity index (χ3n) is 6.97. The van der Waals surface area contributed by atoms with Crippen molar-refractivity contribution in [2.75, 3.05) is 60.7 Å². The second-order valence-electron chi connectivity index (χ2n) is 12.9. The number of benzene rings is 1. The van der Waals surface area contributed by atoms with Gasteiger partial charge < -0.3 is 41.0 Å². The van der Waals surface area contributed by atoms with Crippen LogP contribution in [0.1, 0.15) is 58.4 Å². The second kappa shape index (κ2) is 22.1.